The maximum Gasteiger partial charge on any atom is 0.293 e. The summed E-state index contributed by atoms with van der Waals surface area (Å²) in [6.45, 7) is 6.98. The molecule has 0 radical (unpaired) electrons. The van der Waals surface area contributed by atoms with Crippen LogP contribution in [0.25, 0.3) is 11.0 Å². The Morgan fingerprint density at radius 1 is 1.35 bits per heavy atom. The third-order valence-electron chi connectivity index (χ3n) is 3.15. The molecule has 20 heavy (non-hydrogen) atoms. The summed E-state index contributed by atoms with van der Waals surface area (Å²) < 4.78 is 9.48. The Kier molecular flexibility index (Phi) is 5.43. The Labute approximate surface area is 118 Å². The van der Waals surface area contributed by atoms with Crippen LogP contribution in [-0.4, -0.2) is 39.3 Å². The number of hydrogen-bond donors (Lipinski definition) is 1. The summed E-state index contributed by atoms with van der Waals surface area (Å²) in [4.78, 5) is 11.6. The molecule has 0 saturated carbocycles. The number of fused-ring (bicyclic) bond motifs is 1. The van der Waals surface area contributed by atoms with Gasteiger partial charge in [0.1, 0.15) is 5.58 Å². The standard InChI is InChI=1S/C12H14N2O.C3H6O2/c1-2-12-10(3-8-15-12)9-11(1)14-6-4-13-5-7-14;1-2-5-3-4/h1-3,8-9,13H,4-7H2;3H,2H2,1H3. The van der Waals surface area contributed by atoms with Gasteiger partial charge in [0.15, 0.2) is 0 Å². The van der Waals surface area contributed by atoms with Gasteiger partial charge in [-0.15, -0.1) is 0 Å². The second-order valence-electron chi connectivity index (χ2n) is 4.43. The highest BCUT2D eigenvalue weighted by Gasteiger charge is 2.10. The smallest absolute Gasteiger partial charge is 0.293 e. The molecule has 1 N–H and O–H groups in total. The summed E-state index contributed by atoms with van der Waals surface area (Å²) in [6.07, 6.45) is 1.74. The van der Waals surface area contributed by atoms with Gasteiger partial charge in [-0.1, -0.05) is 0 Å². The number of nitrogens with one attached hydrogen (secondary N) is 1. The van der Waals surface area contributed by atoms with Gasteiger partial charge < -0.3 is 19.4 Å². The summed E-state index contributed by atoms with van der Waals surface area (Å²) in [5, 5.41) is 4.54. The van der Waals surface area contributed by atoms with Gasteiger partial charge in [-0.3, -0.25) is 4.79 Å². The largest absolute Gasteiger partial charge is 0.468 e. The Balaban J connectivity index is 0.000000257. The van der Waals surface area contributed by atoms with Crippen LogP contribution in [0.5, 0.6) is 0 Å². The predicted octanol–water partition coefficient (Wildman–Crippen LogP) is 2.02. The van der Waals surface area contributed by atoms with Crippen molar-refractivity contribution in [2.45, 2.75) is 6.92 Å². The lowest BCUT2D eigenvalue weighted by Gasteiger charge is -2.29. The number of hydrogen-bond acceptors (Lipinski definition) is 5. The average Bonchev–Trinajstić information content (AvgIpc) is 2.97. The maximum absolute atomic E-state index is 9.18. The van der Waals surface area contributed by atoms with Crippen molar-refractivity contribution in [1.29, 1.82) is 0 Å². The van der Waals surface area contributed by atoms with E-state index in [0.717, 1.165) is 31.8 Å². The highest BCUT2D eigenvalue weighted by atomic mass is 16.5. The van der Waals surface area contributed by atoms with E-state index in [2.05, 4.69) is 27.1 Å². The molecule has 0 aliphatic carbocycles. The lowest BCUT2D eigenvalue weighted by molar-refractivity contribution is -0.128. The fraction of sp³-hybridized carbons (Fsp3) is 0.400. The summed E-state index contributed by atoms with van der Waals surface area (Å²) in [5.41, 5.74) is 2.26. The first-order valence-corrected chi connectivity index (χ1v) is 6.83. The highest BCUT2D eigenvalue weighted by molar-refractivity contribution is 5.81. The molecule has 0 bridgehead atoms. The molecule has 1 fully saturated rings. The zero-order valence-corrected chi connectivity index (χ0v) is 11.7. The lowest BCUT2D eigenvalue weighted by atomic mass is 10.2. The minimum Gasteiger partial charge on any atom is -0.468 e. The van der Waals surface area contributed by atoms with E-state index in [1.165, 1.54) is 11.1 Å². The molecule has 1 aromatic heterocycles. The highest BCUT2D eigenvalue weighted by Crippen LogP contribution is 2.23. The molecule has 1 aliphatic rings. The second kappa shape index (κ2) is 7.55. The van der Waals surface area contributed by atoms with Gasteiger partial charge in [0.05, 0.1) is 12.9 Å². The average molecular weight is 276 g/mol. The van der Waals surface area contributed by atoms with E-state index in [9.17, 15) is 4.79 Å². The quantitative estimate of drug-likeness (QED) is 0.869. The summed E-state index contributed by atoms with van der Waals surface area (Å²) in [5.74, 6) is 0. The molecule has 1 aliphatic heterocycles. The third-order valence-corrected chi connectivity index (χ3v) is 3.15. The van der Waals surface area contributed by atoms with Crippen molar-refractivity contribution in [1.82, 2.24) is 5.32 Å². The number of piperazine rings is 1. The SMILES string of the molecule is CCOC=O.c1cc2cc(N3CCNCC3)ccc2o1. The molecule has 1 aromatic carbocycles. The first-order chi connectivity index (χ1) is 9.85. The minimum atomic E-state index is 0.431. The van der Waals surface area contributed by atoms with Crippen LogP contribution in [0.4, 0.5) is 5.69 Å². The van der Waals surface area contributed by atoms with E-state index >= 15 is 0 Å². The van der Waals surface area contributed by atoms with Gasteiger partial charge in [-0.05, 0) is 31.2 Å². The molecule has 5 heteroatoms. The lowest BCUT2D eigenvalue weighted by Crippen LogP contribution is -2.43. The maximum atomic E-state index is 9.18. The van der Waals surface area contributed by atoms with Crippen molar-refractivity contribution in [2.75, 3.05) is 37.7 Å². The van der Waals surface area contributed by atoms with E-state index in [1.807, 2.05) is 12.1 Å². The summed E-state index contributed by atoms with van der Waals surface area (Å²) >= 11 is 0. The Hall–Kier alpha value is -2.01. The third kappa shape index (κ3) is 3.74. The molecular formula is C15H20N2O3. The monoisotopic (exact) mass is 276 g/mol. The number of carbonyl (C=O) groups is 1. The van der Waals surface area contributed by atoms with Crippen LogP contribution in [0, 0.1) is 0 Å². The summed E-state index contributed by atoms with van der Waals surface area (Å²) in [7, 11) is 0. The molecule has 2 heterocycles. The van der Waals surface area contributed by atoms with E-state index in [-0.39, 0.29) is 0 Å². The van der Waals surface area contributed by atoms with Gasteiger partial charge in [0.2, 0.25) is 0 Å². The number of furan rings is 1. The molecule has 1 saturated heterocycles. The number of ether oxygens (including phenoxy) is 1. The van der Waals surface area contributed by atoms with Crippen LogP contribution in [0.1, 0.15) is 6.92 Å². The van der Waals surface area contributed by atoms with E-state index in [4.69, 9.17) is 4.42 Å². The Morgan fingerprint density at radius 2 is 2.15 bits per heavy atom. The van der Waals surface area contributed by atoms with E-state index < -0.39 is 0 Å². The van der Waals surface area contributed by atoms with Crippen molar-refractivity contribution in [3.05, 3.63) is 30.5 Å². The van der Waals surface area contributed by atoms with Crippen LogP contribution >= 0.6 is 0 Å². The molecule has 3 rings (SSSR count). The van der Waals surface area contributed by atoms with Crippen LogP contribution in [0.15, 0.2) is 34.9 Å². The zero-order valence-electron chi connectivity index (χ0n) is 11.7. The van der Waals surface area contributed by atoms with Crippen LogP contribution in [0.3, 0.4) is 0 Å². The zero-order chi connectivity index (χ0) is 14.2. The Bertz CT molecular complexity index is 533. The molecule has 0 unspecified atom stereocenters. The summed E-state index contributed by atoms with van der Waals surface area (Å²) in [6, 6.07) is 8.40. The number of rotatable bonds is 3. The molecule has 0 amide bonds. The van der Waals surface area contributed by atoms with Crippen molar-refractivity contribution >= 4 is 23.1 Å². The first kappa shape index (κ1) is 14.4. The molecule has 0 atom stereocenters. The van der Waals surface area contributed by atoms with E-state index in [1.54, 1.807) is 13.2 Å². The molecule has 108 valence electrons. The number of nitrogens with zero attached hydrogens (tertiary/aromatic N) is 1. The fourth-order valence-corrected chi connectivity index (χ4v) is 2.14. The molecular weight excluding hydrogens is 256 g/mol. The number of carbonyl (C=O) groups excluding carboxylic acids is 1. The first-order valence-electron chi connectivity index (χ1n) is 6.83. The molecule has 5 nitrogen and oxygen atoms in total. The van der Waals surface area contributed by atoms with Crippen LogP contribution < -0.4 is 10.2 Å². The fourth-order valence-electron chi connectivity index (χ4n) is 2.14. The normalized spacial score (nSPS) is 14.6. The van der Waals surface area contributed by atoms with Gasteiger partial charge in [0.25, 0.3) is 6.47 Å². The Morgan fingerprint density at radius 3 is 2.80 bits per heavy atom. The van der Waals surface area contributed by atoms with Gasteiger partial charge in [-0.25, -0.2) is 0 Å². The number of anilines is 1. The van der Waals surface area contributed by atoms with Crippen molar-refractivity contribution in [3.8, 4) is 0 Å². The van der Waals surface area contributed by atoms with Gasteiger partial charge in [-0.2, -0.15) is 0 Å². The molecule has 2 aromatic rings. The van der Waals surface area contributed by atoms with Gasteiger partial charge in [0, 0.05) is 37.3 Å². The van der Waals surface area contributed by atoms with Crippen molar-refractivity contribution < 1.29 is 13.9 Å². The topological polar surface area (TPSA) is 54.7 Å². The minimum absolute atomic E-state index is 0.431. The number of benzene rings is 1. The predicted molar refractivity (Wildman–Crippen MR) is 79.0 cm³/mol. The molecule has 0 spiro atoms. The van der Waals surface area contributed by atoms with Crippen molar-refractivity contribution in [2.24, 2.45) is 0 Å². The van der Waals surface area contributed by atoms with Crippen molar-refractivity contribution in [3.63, 3.8) is 0 Å². The second-order valence-corrected chi connectivity index (χ2v) is 4.43. The van der Waals surface area contributed by atoms with Gasteiger partial charge >= 0.3 is 0 Å². The van der Waals surface area contributed by atoms with Crippen LogP contribution in [-0.2, 0) is 9.53 Å². The van der Waals surface area contributed by atoms with E-state index in [0.29, 0.717) is 13.1 Å². The van der Waals surface area contributed by atoms with Crippen LogP contribution in [0.2, 0.25) is 0 Å².